The first-order chi connectivity index (χ1) is 14.1. The third kappa shape index (κ3) is 7.09. The molecule has 0 aliphatic carbocycles. The summed E-state index contributed by atoms with van der Waals surface area (Å²) in [5, 5.41) is 0.720. The van der Waals surface area contributed by atoms with Gasteiger partial charge in [-0.1, -0.05) is 41.9 Å². The van der Waals surface area contributed by atoms with Crippen molar-refractivity contribution in [1.82, 2.24) is 9.80 Å². The van der Waals surface area contributed by atoms with Crippen molar-refractivity contribution in [1.29, 1.82) is 0 Å². The topological polar surface area (TPSA) is 40.6 Å². The standard InChI is InChI=1S/C23H27ClN2O2S/c24-20-9-11-21(12-10-20)29-18-13-23(28)26-16-14-25(15-17-26)22(27)8-4-7-19-5-2-1-3-6-19/h1-3,5-6,9-12H,4,7-8,13-18H2. The SMILES string of the molecule is O=C(CCCc1ccccc1)N1CCN(C(=O)CCSc2ccc(Cl)cc2)CC1. The molecule has 0 unspecified atom stereocenters. The van der Waals surface area contributed by atoms with Crippen LogP contribution in [-0.4, -0.2) is 53.5 Å². The van der Waals surface area contributed by atoms with Gasteiger partial charge in [0.05, 0.1) is 0 Å². The van der Waals surface area contributed by atoms with Crippen molar-refractivity contribution in [2.75, 3.05) is 31.9 Å². The lowest BCUT2D eigenvalue weighted by Crippen LogP contribution is -2.50. The largest absolute Gasteiger partial charge is 0.339 e. The summed E-state index contributed by atoms with van der Waals surface area (Å²) in [5.41, 5.74) is 1.27. The van der Waals surface area contributed by atoms with E-state index in [1.165, 1.54) is 5.56 Å². The number of hydrogen-bond acceptors (Lipinski definition) is 3. The Hall–Kier alpha value is -1.98. The minimum atomic E-state index is 0.169. The number of hydrogen-bond donors (Lipinski definition) is 0. The van der Waals surface area contributed by atoms with Gasteiger partial charge in [0.2, 0.25) is 11.8 Å². The van der Waals surface area contributed by atoms with Crippen molar-refractivity contribution in [2.45, 2.75) is 30.6 Å². The van der Waals surface area contributed by atoms with Crippen molar-refractivity contribution < 1.29 is 9.59 Å². The van der Waals surface area contributed by atoms with Gasteiger partial charge in [-0.15, -0.1) is 11.8 Å². The van der Waals surface area contributed by atoms with Crippen LogP contribution in [0.2, 0.25) is 5.02 Å². The van der Waals surface area contributed by atoms with E-state index in [9.17, 15) is 9.59 Å². The van der Waals surface area contributed by atoms with E-state index in [1.807, 2.05) is 52.3 Å². The van der Waals surface area contributed by atoms with Crippen LogP contribution >= 0.6 is 23.4 Å². The van der Waals surface area contributed by atoms with Crippen LogP contribution in [0.1, 0.15) is 24.8 Å². The molecule has 0 aromatic heterocycles. The van der Waals surface area contributed by atoms with Gasteiger partial charge < -0.3 is 9.80 Å². The Balaban J connectivity index is 1.32. The number of thioether (sulfide) groups is 1. The molecule has 0 atom stereocenters. The van der Waals surface area contributed by atoms with Crippen LogP contribution in [0, 0.1) is 0 Å². The molecule has 0 N–H and O–H groups in total. The Morgan fingerprint density at radius 2 is 1.41 bits per heavy atom. The van der Waals surface area contributed by atoms with Gasteiger partial charge in [-0.25, -0.2) is 0 Å². The highest BCUT2D eigenvalue weighted by atomic mass is 35.5. The maximum absolute atomic E-state index is 12.4. The van der Waals surface area contributed by atoms with Gasteiger partial charge >= 0.3 is 0 Å². The molecule has 29 heavy (non-hydrogen) atoms. The minimum absolute atomic E-state index is 0.169. The molecule has 0 bridgehead atoms. The number of piperazine rings is 1. The average Bonchev–Trinajstić information content (AvgIpc) is 2.76. The molecule has 2 aromatic carbocycles. The van der Waals surface area contributed by atoms with Gasteiger partial charge in [0.25, 0.3) is 0 Å². The molecule has 154 valence electrons. The molecule has 0 saturated carbocycles. The van der Waals surface area contributed by atoms with E-state index in [4.69, 9.17) is 11.6 Å². The maximum atomic E-state index is 12.4. The molecule has 1 aliphatic heterocycles. The van der Waals surface area contributed by atoms with Crippen LogP contribution in [0.25, 0.3) is 0 Å². The van der Waals surface area contributed by atoms with Gasteiger partial charge in [0, 0.05) is 54.7 Å². The van der Waals surface area contributed by atoms with Gasteiger partial charge in [-0.2, -0.15) is 0 Å². The van der Waals surface area contributed by atoms with Crippen molar-refractivity contribution in [3.8, 4) is 0 Å². The Kier molecular flexibility index (Phi) is 8.44. The number of benzene rings is 2. The molecule has 6 heteroatoms. The van der Waals surface area contributed by atoms with Gasteiger partial charge in [-0.3, -0.25) is 9.59 Å². The first-order valence-corrected chi connectivity index (χ1v) is 11.5. The Labute approximate surface area is 182 Å². The second-order valence-corrected chi connectivity index (χ2v) is 8.76. The first kappa shape index (κ1) is 21.7. The summed E-state index contributed by atoms with van der Waals surface area (Å²) in [4.78, 5) is 29.8. The van der Waals surface area contributed by atoms with E-state index in [-0.39, 0.29) is 11.8 Å². The number of rotatable bonds is 8. The fraction of sp³-hybridized carbons (Fsp3) is 0.391. The molecule has 1 saturated heterocycles. The number of aryl methyl sites for hydroxylation is 1. The molecule has 2 aromatic rings. The Bertz CT molecular complexity index is 790. The van der Waals surface area contributed by atoms with E-state index in [1.54, 1.807) is 11.8 Å². The van der Waals surface area contributed by atoms with Crippen LogP contribution in [0.15, 0.2) is 59.5 Å². The molecule has 4 nitrogen and oxygen atoms in total. The molecular formula is C23H27ClN2O2S. The average molecular weight is 431 g/mol. The van der Waals surface area contributed by atoms with Gasteiger partial charge in [0.1, 0.15) is 0 Å². The van der Waals surface area contributed by atoms with Crippen molar-refractivity contribution in [3.05, 3.63) is 65.2 Å². The first-order valence-electron chi connectivity index (χ1n) is 10.1. The molecule has 0 radical (unpaired) electrons. The zero-order chi connectivity index (χ0) is 20.5. The third-order valence-corrected chi connectivity index (χ3v) is 6.35. The fourth-order valence-electron chi connectivity index (χ4n) is 3.40. The van der Waals surface area contributed by atoms with Crippen molar-refractivity contribution in [3.63, 3.8) is 0 Å². The monoisotopic (exact) mass is 430 g/mol. The zero-order valence-electron chi connectivity index (χ0n) is 16.6. The summed E-state index contributed by atoms with van der Waals surface area (Å²) >= 11 is 7.55. The van der Waals surface area contributed by atoms with Crippen molar-refractivity contribution in [2.24, 2.45) is 0 Å². The summed E-state index contributed by atoms with van der Waals surface area (Å²) in [7, 11) is 0. The van der Waals surface area contributed by atoms with Crippen molar-refractivity contribution >= 4 is 35.2 Å². The van der Waals surface area contributed by atoms with Gasteiger partial charge in [0.15, 0.2) is 0 Å². The molecular weight excluding hydrogens is 404 g/mol. The summed E-state index contributed by atoms with van der Waals surface area (Å²) in [6.45, 7) is 2.55. The number of carbonyl (C=O) groups is 2. The van der Waals surface area contributed by atoms with Crippen LogP contribution in [0.5, 0.6) is 0 Å². The zero-order valence-corrected chi connectivity index (χ0v) is 18.1. The highest BCUT2D eigenvalue weighted by molar-refractivity contribution is 7.99. The molecule has 1 heterocycles. The highest BCUT2D eigenvalue weighted by Gasteiger charge is 2.23. The van der Waals surface area contributed by atoms with E-state index in [2.05, 4.69) is 12.1 Å². The highest BCUT2D eigenvalue weighted by Crippen LogP contribution is 2.21. The normalized spacial score (nSPS) is 14.1. The van der Waals surface area contributed by atoms with Crippen LogP contribution in [-0.2, 0) is 16.0 Å². The van der Waals surface area contributed by atoms with E-state index in [0.29, 0.717) is 39.0 Å². The maximum Gasteiger partial charge on any atom is 0.223 e. The molecule has 3 rings (SSSR count). The second kappa shape index (κ2) is 11.3. The molecule has 1 aliphatic rings. The molecule has 2 amide bonds. The number of nitrogens with zero attached hydrogens (tertiary/aromatic N) is 2. The molecule has 0 spiro atoms. The summed E-state index contributed by atoms with van der Waals surface area (Å²) in [5.74, 6) is 1.12. The summed E-state index contributed by atoms with van der Waals surface area (Å²) in [6.07, 6.45) is 2.87. The van der Waals surface area contributed by atoms with Crippen LogP contribution in [0.4, 0.5) is 0 Å². The lowest BCUT2D eigenvalue weighted by atomic mass is 10.1. The quantitative estimate of drug-likeness (QED) is 0.578. The lowest BCUT2D eigenvalue weighted by molar-refractivity contribution is -0.139. The summed E-state index contributed by atoms with van der Waals surface area (Å²) < 4.78 is 0. The predicted molar refractivity (Wildman–Crippen MR) is 119 cm³/mol. The lowest BCUT2D eigenvalue weighted by Gasteiger charge is -2.35. The smallest absolute Gasteiger partial charge is 0.223 e. The Morgan fingerprint density at radius 1 is 0.828 bits per heavy atom. The number of halogens is 1. The number of amides is 2. The number of carbonyl (C=O) groups excluding carboxylic acids is 2. The third-order valence-electron chi connectivity index (χ3n) is 5.08. The van der Waals surface area contributed by atoms with Crippen LogP contribution in [0.3, 0.4) is 0 Å². The summed E-state index contributed by atoms with van der Waals surface area (Å²) in [6, 6.07) is 17.9. The van der Waals surface area contributed by atoms with E-state index < -0.39 is 0 Å². The van der Waals surface area contributed by atoms with Gasteiger partial charge in [-0.05, 0) is 42.7 Å². The van der Waals surface area contributed by atoms with E-state index in [0.717, 1.165) is 28.5 Å². The predicted octanol–water partition coefficient (Wildman–Crippen LogP) is 4.52. The molecule has 1 fully saturated rings. The fourth-order valence-corrected chi connectivity index (χ4v) is 4.36. The minimum Gasteiger partial charge on any atom is -0.339 e. The Morgan fingerprint density at radius 3 is 2.03 bits per heavy atom. The van der Waals surface area contributed by atoms with E-state index >= 15 is 0 Å². The van der Waals surface area contributed by atoms with Crippen LogP contribution < -0.4 is 0 Å². The second-order valence-electron chi connectivity index (χ2n) is 7.15.